The van der Waals surface area contributed by atoms with Gasteiger partial charge in [-0.3, -0.25) is 9.59 Å². The van der Waals surface area contributed by atoms with Crippen LogP contribution in [-0.4, -0.2) is 34.7 Å². The van der Waals surface area contributed by atoms with E-state index < -0.39 is 0 Å². The van der Waals surface area contributed by atoms with Gasteiger partial charge in [0.05, 0.1) is 22.5 Å². The van der Waals surface area contributed by atoms with Gasteiger partial charge in [0.25, 0.3) is 11.8 Å². The minimum absolute atomic E-state index is 0.0595. The molecule has 2 unspecified atom stereocenters. The maximum Gasteiger partial charge on any atom is 0.260 e. The molecule has 0 saturated heterocycles. The highest BCUT2D eigenvalue weighted by Gasteiger charge is 2.47. The third-order valence-electron chi connectivity index (χ3n) is 18.8. The number of fused-ring (bicyclic) bond motifs is 3. The number of aryl methyl sites for hydroxylation is 4. The zero-order chi connectivity index (χ0) is 60.9. The Morgan fingerprint density at radius 3 is 1.20 bits per heavy atom. The number of thiophene rings is 4. The van der Waals surface area contributed by atoms with Gasteiger partial charge in [0, 0.05) is 51.8 Å². The smallest absolute Gasteiger partial charge is 0.260 e. The minimum Gasteiger partial charge on any atom is -0.305 e. The molecule has 4 aromatic heterocycles. The highest BCUT2D eigenvalue weighted by atomic mass is 32.1. The molecule has 0 aliphatic carbocycles. The molecule has 8 heteroatoms. The van der Waals surface area contributed by atoms with Crippen LogP contribution in [0.5, 0.6) is 0 Å². The van der Waals surface area contributed by atoms with Crippen molar-refractivity contribution in [3.05, 3.63) is 102 Å². The maximum atomic E-state index is 15.6. The molecule has 2 aliphatic rings. The van der Waals surface area contributed by atoms with E-state index in [-0.39, 0.29) is 11.8 Å². The molecule has 5 aromatic rings. The van der Waals surface area contributed by atoms with Crippen molar-refractivity contribution in [1.82, 2.24) is 9.80 Å². The number of rotatable bonds is 47. The Labute approximate surface area is 540 Å². The fourth-order valence-electron chi connectivity index (χ4n) is 13.7. The normalized spacial score (nSPS) is 14.7. The third-order valence-corrected chi connectivity index (χ3v) is 23.3. The molecule has 6 heterocycles. The Bertz CT molecular complexity index is 2850. The standard InChI is InChI=1S/C78H116N2O2S4/c1-9-15-21-25-27-29-31-33-35-39-45-65-69-55-60(8)84-75(69)66(46-40-36-34-32-30-28-26-22-16-10-2)70-56-72(86-76(65)70)71-54-51-64(85-71)50-53-68-74-73(79(78(68)82)57-61(41-19-13-5)43-37-23-17-11-3)67(52-49-63-48-47-59(7)83-63)77(81)80(74)58-62(42-20-14-6)44-38-24-18-12-4/h47-56,61-62H,9-46,57-58H2,1-8H3/b52-49+,53-50+. The van der Waals surface area contributed by atoms with E-state index in [0.717, 1.165) is 85.4 Å². The average Bonchev–Trinajstić information content (AvgIpc) is 1.78. The van der Waals surface area contributed by atoms with Crippen LogP contribution in [0.1, 0.15) is 303 Å². The molecule has 0 saturated carbocycles. The number of hydrogen-bond acceptors (Lipinski definition) is 6. The topological polar surface area (TPSA) is 40.6 Å². The van der Waals surface area contributed by atoms with Crippen molar-refractivity contribution in [2.24, 2.45) is 11.8 Å². The Hall–Kier alpha value is -3.56. The van der Waals surface area contributed by atoms with Gasteiger partial charge in [-0.1, -0.05) is 234 Å². The lowest BCUT2D eigenvalue weighted by Gasteiger charge is -2.27. The largest absolute Gasteiger partial charge is 0.305 e. The highest BCUT2D eigenvalue weighted by molar-refractivity contribution is 7.26. The minimum atomic E-state index is 0.0595. The molecule has 2 atom stereocenters. The van der Waals surface area contributed by atoms with E-state index >= 15 is 9.59 Å². The monoisotopic (exact) mass is 1240 g/mol. The number of carbonyl (C=O) groups excluding carboxylic acids is 2. The highest BCUT2D eigenvalue weighted by Crippen LogP contribution is 2.48. The predicted octanol–water partition coefficient (Wildman–Crippen LogP) is 25.9. The summed E-state index contributed by atoms with van der Waals surface area (Å²) in [7, 11) is 0. The van der Waals surface area contributed by atoms with Gasteiger partial charge in [0.15, 0.2) is 0 Å². The van der Waals surface area contributed by atoms with Crippen LogP contribution in [0.25, 0.3) is 42.1 Å². The Morgan fingerprint density at radius 2 is 0.756 bits per heavy atom. The molecule has 2 amide bonds. The molecular formula is C78H116N2O2S4. The Kier molecular flexibility index (Phi) is 31.6. The Balaban J connectivity index is 1.23. The van der Waals surface area contributed by atoms with Crippen LogP contribution in [0.4, 0.5) is 0 Å². The first-order chi connectivity index (χ1) is 42.1. The number of amides is 2. The molecule has 0 spiro atoms. The lowest BCUT2D eigenvalue weighted by Crippen LogP contribution is -2.32. The SMILES string of the molecule is CCCCCCCCCCCCc1c2cc(-c3ccc(/C=C/C4=C5C(=C(/C=C/c6ccc(C)s6)C(=O)N5CC(CCCC)CCCCCC)N(CC(CCCC)CCCCCC)C4=O)s3)sc2c(CCCCCCCCCCCC)c2cc(C)sc12. The van der Waals surface area contributed by atoms with E-state index in [4.69, 9.17) is 0 Å². The number of hydrogen-bond donors (Lipinski definition) is 0. The molecule has 1 aromatic carbocycles. The molecule has 474 valence electrons. The van der Waals surface area contributed by atoms with Gasteiger partial charge in [-0.15, -0.1) is 45.3 Å². The molecule has 86 heavy (non-hydrogen) atoms. The molecule has 0 N–H and O–H groups in total. The lowest BCUT2D eigenvalue weighted by molar-refractivity contribution is -0.125. The van der Waals surface area contributed by atoms with Crippen LogP contribution in [0.2, 0.25) is 0 Å². The molecule has 0 radical (unpaired) electrons. The zero-order valence-corrected chi connectivity index (χ0v) is 58.8. The summed E-state index contributed by atoms with van der Waals surface area (Å²) in [5, 5.41) is 3.03. The van der Waals surface area contributed by atoms with Crippen molar-refractivity contribution in [3.8, 4) is 9.75 Å². The fraction of sp³-hybridized carbons (Fsp3) is 0.641. The average molecular weight is 1240 g/mol. The van der Waals surface area contributed by atoms with Crippen LogP contribution < -0.4 is 0 Å². The second-order valence-electron chi connectivity index (χ2n) is 26.2. The van der Waals surface area contributed by atoms with Gasteiger partial charge in [0.2, 0.25) is 0 Å². The fourth-order valence-corrected chi connectivity index (χ4v) is 17.9. The van der Waals surface area contributed by atoms with Gasteiger partial charge < -0.3 is 9.80 Å². The summed E-state index contributed by atoms with van der Waals surface area (Å²) in [4.78, 5) is 42.8. The molecule has 4 nitrogen and oxygen atoms in total. The second kappa shape index (κ2) is 38.9. The van der Waals surface area contributed by atoms with Crippen molar-refractivity contribution in [1.29, 1.82) is 0 Å². The van der Waals surface area contributed by atoms with Crippen molar-refractivity contribution in [3.63, 3.8) is 0 Å². The summed E-state index contributed by atoms with van der Waals surface area (Å²) in [6.45, 7) is 19.6. The first-order valence-electron chi connectivity index (χ1n) is 35.8. The van der Waals surface area contributed by atoms with Crippen LogP contribution in [0.3, 0.4) is 0 Å². The number of benzene rings is 1. The number of nitrogens with zero attached hydrogens (tertiary/aromatic N) is 2. The van der Waals surface area contributed by atoms with Gasteiger partial charge in [0.1, 0.15) is 0 Å². The molecule has 7 rings (SSSR count). The van der Waals surface area contributed by atoms with Crippen molar-refractivity contribution in [2.45, 2.75) is 299 Å². The van der Waals surface area contributed by atoms with Gasteiger partial charge in [-0.25, -0.2) is 0 Å². The van der Waals surface area contributed by atoms with Crippen LogP contribution in [-0.2, 0) is 22.4 Å². The second-order valence-corrected chi connectivity index (χ2v) is 30.9. The van der Waals surface area contributed by atoms with E-state index in [2.05, 4.69) is 126 Å². The molecule has 2 aliphatic heterocycles. The van der Waals surface area contributed by atoms with Crippen LogP contribution >= 0.6 is 45.3 Å². The quantitative estimate of drug-likeness (QED) is 0.0364. The van der Waals surface area contributed by atoms with Gasteiger partial charge in [-0.2, -0.15) is 0 Å². The summed E-state index contributed by atoms with van der Waals surface area (Å²) < 4.78 is 3.07. The molecular weight excluding hydrogens is 1130 g/mol. The van der Waals surface area contributed by atoms with Crippen LogP contribution in [0.15, 0.2) is 71.1 Å². The number of carbonyl (C=O) groups is 2. The summed E-state index contributed by atoms with van der Waals surface area (Å²) in [5.41, 5.74) is 6.26. The molecule has 0 fully saturated rings. The van der Waals surface area contributed by atoms with Crippen molar-refractivity contribution in [2.75, 3.05) is 13.1 Å². The van der Waals surface area contributed by atoms with Crippen molar-refractivity contribution >= 4 is 89.5 Å². The van der Waals surface area contributed by atoms with E-state index in [1.807, 2.05) is 34.0 Å². The predicted molar refractivity (Wildman–Crippen MR) is 385 cm³/mol. The van der Waals surface area contributed by atoms with Gasteiger partial charge >= 0.3 is 0 Å². The Morgan fingerprint density at radius 1 is 0.372 bits per heavy atom. The summed E-state index contributed by atoms with van der Waals surface area (Å²) >= 11 is 7.68. The van der Waals surface area contributed by atoms with Crippen molar-refractivity contribution < 1.29 is 9.59 Å². The summed E-state index contributed by atoms with van der Waals surface area (Å²) in [6, 6.07) is 14.0. The van der Waals surface area contributed by atoms with E-state index in [1.54, 1.807) is 27.2 Å². The summed E-state index contributed by atoms with van der Waals surface area (Å²) in [6.07, 6.45) is 56.7. The van der Waals surface area contributed by atoms with Gasteiger partial charge in [-0.05, 0) is 160 Å². The first-order valence-corrected chi connectivity index (χ1v) is 39.0. The van der Waals surface area contributed by atoms with Crippen LogP contribution in [0, 0.1) is 25.7 Å². The third kappa shape index (κ3) is 20.7. The first kappa shape index (κ1) is 69.9. The zero-order valence-electron chi connectivity index (χ0n) is 55.6. The number of unbranched alkanes of at least 4 members (excludes halogenated alkanes) is 26. The van der Waals surface area contributed by atoms with E-state index in [0.29, 0.717) is 36.1 Å². The lowest BCUT2D eigenvalue weighted by atomic mass is 9.94. The molecule has 0 bridgehead atoms. The maximum absolute atomic E-state index is 15.6. The summed E-state index contributed by atoms with van der Waals surface area (Å²) in [5.74, 6) is 0.880. The van der Waals surface area contributed by atoms with E-state index in [1.165, 1.54) is 215 Å². The van der Waals surface area contributed by atoms with E-state index in [9.17, 15) is 0 Å².